The highest BCUT2D eigenvalue weighted by atomic mass is 19.1. The van der Waals surface area contributed by atoms with Gasteiger partial charge in [-0.3, -0.25) is 9.69 Å². The molecule has 1 saturated heterocycles. The summed E-state index contributed by atoms with van der Waals surface area (Å²) in [6.45, 7) is 7.64. The van der Waals surface area contributed by atoms with E-state index in [2.05, 4.69) is 11.8 Å². The second-order valence-corrected chi connectivity index (χ2v) is 5.59. The van der Waals surface area contributed by atoms with Gasteiger partial charge in [-0.25, -0.2) is 4.39 Å². The third-order valence-corrected chi connectivity index (χ3v) is 4.06. The van der Waals surface area contributed by atoms with Crippen molar-refractivity contribution in [3.05, 3.63) is 35.1 Å². The standard InChI is InChI=1S/C16H23FN2O2/c1-12-4-5-14(17)10-15(12)16(20)19-8-6-18(7-9-19)13(2)11-21-3/h4-5,10,13H,6-9,11H2,1-3H3/t13-/m1/s1. The summed E-state index contributed by atoms with van der Waals surface area (Å²) in [5, 5.41) is 0. The van der Waals surface area contributed by atoms with E-state index < -0.39 is 0 Å². The molecule has 4 nitrogen and oxygen atoms in total. The van der Waals surface area contributed by atoms with E-state index in [1.807, 2.05) is 6.92 Å². The minimum atomic E-state index is -0.365. The zero-order valence-corrected chi connectivity index (χ0v) is 12.9. The van der Waals surface area contributed by atoms with Crippen molar-refractivity contribution in [3.8, 4) is 0 Å². The van der Waals surface area contributed by atoms with Gasteiger partial charge in [0.25, 0.3) is 5.91 Å². The molecule has 0 bridgehead atoms. The monoisotopic (exact) mass is 294 g/mol. The van der Waals surface area contributed by atoms with Gasteiger partial charge in [0.15, 0.2) is 0 Å². The fourth-order valence-electron chi connectivity index (χ4n) is 2.71. The van der Waals surface area contributed by atoms with Crippen LogP contribution in [0.2, 0.25) is 0 Å². The van der Waals surface area contributed by atoms with Gasteiger partial charge in [-0.15, -0.1) is 0 Å². The van der Waals surface area contributed by atoms with E-state index in [0.717, 1.165) is 18.7 Å². The second-order valence-electron chi connectivity index (χ2n) is 5.59. The molecule has 21 heavy (non-hydrogen) atoms. The molecule has 0 radical (unpaired) electrons. The first-order valence-corrected chi connectivity index (χ1v) is 7.31. The predicted octanol–water partition coefficient (Wildman–Crippen LogP) is 1.93. The normalized spacial score (nSPS) is 17.8. The van der Waals surface area contributed by atoms with Gasteiger partial charge in [-0.1, -0.05) is 6.07 Å². The molecule has 116 valence electrons. The Hall–Kier alpha value is -1.46. The van der Waals surface area contributed by atoms with Crippen LogP contribution in [0.25, 0.3) is 0 Å². The molecular formula is C16H23FN2O2. The Kier molecular flexibility index (Phi) is 5.31. The lowest BCUT2D eigenvalue weighted by molar-refractivity contribution is 0.0448. The molecular weight excluding hydrogens is 271 g/mol. The molecule has 1 aromatic carbocycles. The van der Waals surface area contributed by atoms with Crippen LogP contribution in [0, 0.1) is 12.7 Å². The Bertz CT molecular complexity index is 499. The van der Waals surface area contributed by atoms with Crippen molar-refractivity contribution in [3.63, 3.8) is 0 Å². The first kappa shape index (κ1) is 15.9. The summed E-state index contributed by atoms with van der Waals surface area (Å²) in [6, 6.07) is 4.72. The summed E-state index contributed by atoms with van der Waals surface area (Å²) >= 11 is 0. The maximum absolute atomic E-state index is 13.3. The van der Waals surface area contributed by atoms with E-state index in [-0.39, 0.29) is 11.7 Å². The minimum absolute atomic E-state index is 0.0777. The van der Waals surface area contributed by atoms with Crippen molar-refractivity contribution < 1.29 is 13.9 Å². The van der Waals surface area contributed by atoms with Crippen LogP contribution in [-0.4, -0.2) is 61.6 Å². The van der Waals surface area contributed by atoms with E-state index >= 15 is 0 Å². The number of piperazine rings is 1. The maximum atomic E-state index is 13.3. The summed E-state index contributed by atoms with van der Waals surface area (Å²) in [5.74, 6) is -0.442. The Morgan fingerprint density at radius 3 is 2.62 bits per heavy atom. The summed E-state index contributed by atoms with van der Waals surface area (Å²) in [5.41, 5.74) is 1.28. The first-order chi connectivity index (χ1) is 10.0. The van der Waals surface area contributed by atoms with Crippen LogP contribution in [0.4, 0.5) is 4.39 Å². The molecule has 1 heterocycles. The van der Waals surface area contributed by atoms with Crippen molar-refractivity contribution in [2.75, 3.05) is 39.9 Å². The molecule has 1 amide bonds. The molecule has 0 unspecified atom stereocenters. The first-order valence-electron chi connectivity index (χ1n) is 7.31. The van der Waals surface area contributed by atoms with Gasteiger partial charge >= 0.3 is 0 Å². The Balaban J connectivity index is 1.98. The third kappa shape index (κ3) is 3.80. The molecule has 1 aromatic rings. The molecule has 1 atom stereocenters. The number of rotatable bonds is 4. The van der Waals surface area contributed by atoms with Crippen LogP contribution in [0.5, 0.6) is 0 Å². The highest BCUT2D eigenvalue weighted by Gasteiger charge is 2.25. The number of hydrogen-bond acceptors (Lipinski definition) is 3. The van der Waals surface area contributed by atoms with E-state index in [1.54, 1.807) is 18.1 Å². The molecule has 0 saturated carbocycles. The quantitative estimate of drug-likeness (QED) is 0.850. The van der Waals surface area contributed by atoms with E-state index in [1.165, 1.54) is 12.1 Å². The average molecular weight is 294 g/mol. The van der Waals surface area contributed by atoms with Gasteiger partial charge in [-0.2, -0.15) is 0 Å². The SMILES string of the molecule is COC[C@@H](C)N1CCN(C(=O)c2cc(F)ccc2C)CC1. The lowest BCUT2D eigenvalue weighted by atomic mass is 10.1. The molecule has 1 aliphatic rings. The number of hydrogen-bond donors (Lipinski definition) is 0. The zero-order valence-electron chi connectivity index (χ0n) is 12.9. The number of methoxy groups -OCH3 is 1. The lowest BCUT2D eigenvalue weighted by Gasteiger charge is -2.38. The van der Waals surface area contributed by atoms with E-state index in [9.17, 15) is 9.18 Å². The fraction of sp³-hybridized carbons (Fsp3) is 0.562. The van der Waals surface area contributed by atoms with E-state index in [4.69, 9.17) is 4.74 Å². The molecule has 0 aliphatic carbocycles. The smallest absolute Gasteiger partial charge is 0.254 e. The zero-order chi connectivity index (χ0) is 15.4. The van der Waals surface area contributed by atoms with Crippen LogP contribution in [-0.2, 0) is 4.74 Å². The summed E-state index contributed by atoms with van der Waals surface area (Å²) < 4.78 is 18.5. The van der Waals surface area contributed by atoms with Crippen LogP contribution in [0.15, 0.2) is 18.2 Å². The van der Waals surface area contributed by atoms with Crippen LogP contribution < -0.4 is 0 Å². The molecule has 2 rings (SSSR count). The van der Waals surface area contributed by atoms with Crippen molar-refractivity contribution in [1.29, 1.82) is 0 Å². The lowest BCUT2D eigenvalue weighted by Crippen LogP contribution is -2.52. The van der Waals surface area contributed by atoms with Crippen molar-refractivity contribution in [2.45, 2.75) is 19.9 Å². The van der Waals surface area contributed by atoms with Gasteiger partial charge in [-0.05, 0) is 31.5 Å². The fourth-order valence-corrected chi connectivity index (χ4v) is 2.71. The Labute approximate surface area is 125 Å². The summed E-state index contributed by atoms with van der Waals surface area (Å²) in [4.78, 5) is 16.6. The largest absolute Gasteiger partial charge is 0.383 e. The number of amides is 1. The topological polar surface area (TPSA) is 32.8 Å². The van der Waals surface area contributed by atoms with Crippen LogP contribution in [0.1, 0.15) is 22.8 Å². The van der Waals surface area contributed by atoms with Gasteiger partial charge in [0.2, 0.25) is 0 Å². The van der Waals surface area contributed by atoms with Gasteiger partial charge in [0, 0.05) is 44.9 Å². The van der Waals surface area contributed by atoms with Gasteiger partial charge < -0.3 is 9.64 Å². The summed E-state index contributed by atoms with van der Waals surface area (Å²) in [6.07, 6.45) is 0. The second kappa shape index (κ2) is 7.00. The van der Waals surface area contributed by atoms with Crippen molar-refractivity contribution >= 4 is 5.91 Å². The highest BCUT2D eigenvalue weighted by Crippen LogP contribution is 2.15. The number of aryl methyl sites for hydroxylation is 1. The van der Waals surface area contributed by atoms with Crippen LogP contribution in [0.3, 0.4) is 0 Å². The molecule has 0 N–H and O–H groups in total. The number of ether oxygens (including phenoxy) is 1. The molecule has 5 heteroatoms. The molecule has 1 fully saturated rings. The molecule has 0 spiro atoms. The van der Waals surface area contributed by atoms with Gasteiger partial charge in [0.1, 0.15) is 5.82 Å². The minimum Gasteiger partial charge on any atom is -0.383 e. The third-order valence-electron chi connectivity index (χ3n) is 4.06. The number of carbonyl (C=O) groups is 1. The van der Waals surface area contributed by atoms with E-state index in [0.29, 0.717) is 31.3 Å². The predicted molar refractivity (Wildman–Crippen MR) is 80.0 cm³/mol. The Morgan fingerprint density at radius 1 is 1.33 bits per heavy atom. The Morgan fingerprint density at radius 2 is 2.00 bits per heavy atom. The van der Waals surface area contributed by atoms with Crippen LogP contribution >= 0.6 is 0 Å². The average Bonchev–Trinajstić information content (AvgIpc) is 2.49. The number of benzene rings is 1. The summed E-state index contributed by atoms with van der Waals surface area (Å²) in [7, 11) is 1.70. The molecule has 0 aromatic heterocycles. The maximum Gasteiger partial charge on any atom is 0.254 e. The van der Waals surface area contributed by atoms with Gasteiger partial charge in [0.05, 0.1) is 6.61 Å². The number of nitrogens with zero attached hydrogens (tertiary/aromatic N) is 2. The molecule has 1 aliphatic heterocycles. The number of carbonyl (C=O) groups excluding carboxylic acids is 1. The van der Waals surface area contributed by atoms with Crippen molar-refractivity contribution in [1.82, 2.24) is 9.80 Å². The highest BCUT2D eigenvalue weighted by molar-refractivity contribution is 5.95. The van der Waals surface area contributed by atoms with Crippen molar-refractivity contribution in [2.24, 2.45) is 0 Å². The number of halogens is 1.